The van der Waals surface area contributed by atoms with E-state index < -0.39 is 18.1 Å². The molecule has 47 heavy (non-hydrogen) atoms. The van der Waals surface area contributed by atoms with Gasteiger partial charge < -0.3 is 18.9 Å². The lowest BCUT2D eigenvalue weighted by Crippen LogP contribution is -2.50. The Morgan fingerprint density at radius 2 is 1.11 bits per heavy atom. The predicted molar refractivity (Wildman–Crippen MR) is 188 cm³/mol. The maximum Gasteiger partial charge on any atom is 0.175 e. The van der Waals surface area contributed by atoms with E-state index in [9.17, 15) is 4.79 Å². The Bertz CT molecular complexity index is 1730. The smallest absolute Gasteiger partial charge is 0.175 e. The summed E-state index contributed by atoms with van der Waals surface area (Å²) in [6.45, 7) is 0.520. The summed E-state index contributed by atoms with van der Waals surface area (Å²) in [7, 11) is 0. The van der Waals surface area contributed by atoms with Crippen molar-refractivity contribution in [3.05, 3.63) is 138 Å². The Morgan fingerprint density at radius 3 is 1.64 bits per heavy atom. The number of rotatable bonds is 10. The minimum Gasteiger partial charge on any atom is -0.496 e. The standard InChI is InChI=1S/C36H28Cl6O5/c37-27-4-1-5-28(38)24(27)17-44-21-12-10-20(11-13-21)23-16-46-33-14-22(45-18-25-29(39)6-2-7-30(25)40)15-34(35(33)36(23)43)47-19-26-31(41)8-3-9-32(26)42/h1-13,16,22,33-35H,14-15,17-19H2. The normalized spacial score (nSPS) is 20.7. The molecule has 0 aromatic heterocycles. The van der Waals surface area contributed by atoms with Gasteiger partial charge in [0.05, 0.1) is 43.2 Å². The third-order valence-corrected chi connectivity index (χ3v) is 10.5. The first kappa shape index (κ1) is 34.4. The summed E-state index contributed by atoms with van der Waals surface area (Å²) >= 11 is 38.2. The van der Waals surface area contributed by atoms with E-state index in [1.807, 2.05) is 12.1 Å². The summed E-state index contributed by atoms with van der Waals surface area (Å²) in [5.41, 5.74) is 3.17. The number of hydrogen-bond donors (Lipinski definition) is 0. The summed E-state index contributed by atoms with van der Waals surface area (Å²) in [6, 6.07) is 23.1. The molecule has 1 fully saturated rings. The predicted octanol–water partition coefficient (Wildman–Crippen LogP) is 11.1. The maximum atomic E-state index is 14.1. The Morgan fingerprint density at radius 1 is 0.617 bits per heavy atom. The summed E-state index contributed by atoms with van der Waals surface area (Å²) in [5.74, 6) is -0.0691. The van der Waals surface area contributed by atoms with Gasteiger partial charge in [0.1, 0.15) is 18.5 Å². The summed E-state index contributed by atoms with van der Waals surface area (Å²) < 4.78 is 24.9. The summed E-state index contributed by atoms with van der Waals surface area (Å²) in [6.07, 6.45) is 1.13. The minimum absolute atomic E-state index is 0.0828. The van der Waals surface area contributed by atoms with E-state index in [1.54, 1.807) is 66.7 Å². The third-order valence-electron chi connectivity index (χ3n) is 8.36. The van der Waals surface area contributed by atoms with E-state index in [2.05, 4.69) is 0 Å². The van der Waals surface area contributed by atoms with Crippen molar-refractivity contribution >= 4 is 81.0 Å². The molecule has 0 spiro atoms. The van der Waals surface area contributed by atoms with Crippen molar-refractivity contribution in [1.82, 2.24) is 0 Å². The van der Waals surface area contributed by atoms with Crippen LogP contribution in [0.5, 0.6) is 5.75 Å². The van der Waals surface area contributed by atoms with Gasteiger partial charge in [0.15, 0.2) is 5.78 Å². The molecule has 1 aliphatic carbocycles. The first-order chi connectivity index (χ1) is 22.7. The molecule has 0 radical (unpaired) electrons. The number of carbonyl (C=O) groups excluding carboxylic acids is 1. The van der Waals surface area contributed by atoms with E-state index in [0.717, 1.165) is 0 Å². The van der Waals surface area contributed by atoms with Crippen LogP contribution in [0.25, 0.3) is 5.57 Å². The van der Waals surface area contributed by atoms with E-state index in [1.165, 1.54) is 6.26 Å². The van der Waals surface area contributed by atoms with E-state index in [-0.39, 0.29) is 31.7 Å². The minimum atomic E-state index is -0.585. The zero-order chi connectivity index (χ0) is 33.1. The number of ether oxygens (including phenoxy) is 4. The molecule has 5 nitrogen and oxygen atoms in total. The topological polar surface area (TPSA) is 54.0 Å². The Balaban J connectivity index is 1.20. The van der Waals surface area contributed by atoms with Gasteiger partial charge in [0.25, 0.3) is 0 Å². The van der Waals surface area contributed by atoms with Gasteiger partial charge in [-0.15, -0.1) is 0 Å². The molecule has 1 saturated carbocycles. The van der Waals surface area contributed by atoms with Crippen molar-refractivity contribution in [2.75, 3.05) is 0 Å². The third kappa shape index (κ3) is 7.90. The van der Waals surface area contributed by atoms with Crippen LogP contribution in [-0.2, 0) is 38.8 Å². The number of allylic oxidation sites excluding steroid dienone is 1. The molecule has 4 aromatic carbocycles. The van der Waals surface area contributed by atoms with Crippen molar-refractivity contribution < 1.29 is 23.7 Å². The van der Waals surface area contributed by atoms with Gasteiger partial charge in [0.2, 0.25) is 0 Å². The lowest BCUT2D eigenvalue weighted by atomic mass is 9.75. The largest absolute Gasteiger partial charge is 0.496 e. The number of benzene rings is 4. The number of hydrogen-bond acceptors (Lipinski definition) is 5. The Hall–Kier alpha value is -2.45. The fraction of sp³-hybridized carbons (Fsp3) is 0.250. The summed E-state index contributed by atoms with van der Waals surface area (Å²) in [5, 5.41) is 3.07. The molecule has 11 heteroatoms. The van der Waals surface area contributed by atoms with E-state index in [4.69, 9.17) is 88.6 Å². The Labute approximate surface area is 303 Å². The van der Waals surface area contributed by atoms with Gasteiger partial charge in [-0.25, -0.2) is 0 Å². The second kappa shape index (κ2) is 15.4. The van der Waals surface area contributed by atoms with Gasteiger partial charge in [-0.1, -0.05) is 99.9 Å². The van der Waals surface area contributed by atoms with Crippen LogP contribution in [0.4, 0.5) is 0 Å². The van der Waals surface area contributed by atoms with Crippen LogP contribution >= 0.6 is 69.6 Å². The highest BCUT2D eigenvalue weighted by atomic mass is 35.5. The van der Waals surface area contributed by atoms with Gasteiger partial charge in [-0.2, -0.15) is 0 Å². The molecule has 244 valence electrons. The summed E-state index contributed by atoms with van der Waals surface area (Å²) in [4.78, 5) is 14.1. The first-order valence-corrected chi connectivity index (χ1v) is 17.1. The second-order valence-corrected chi connectivity index (χ2v) is 13.7. The Kier molecular flexibility index (Phi) is 11.3. The van der Waals surface area contributed by atoms with Crippen LogP contribution in [0.2, 0.25) is 30.1 Å². The lowest BCUT2D eigenvalue weighted by molar-refractivity contribution is -0.151. The average Bonchev–Trinajstić information content (AvgIpc) is 3.04. The fourth-order valence-corrected chi connectivity index (χ4v) is 7.34. The molecule has 0 saturated heterocycles. The van der Waals surface area contributed by atoms with Crippen LogP contribution in [0.15, 0.2) is 85.1 Å². The zero-order valence-corrected chi connectivity index (χ0v) is 29.3. The van der Waals surface area contributed by atoms with Crippen LogP contribution in [0.3, 0.4) is 0 Å². The molecule has 1 heterocycles. The highest BCUT2D eigenvalue weighted by molar-refractivity contribution is 6.37. The van der Waals surface area contributed by atoms with Gasteiger partial charge in [-0.05, 0) is 54.1 Å². The molecule has 0 amide bonds. The quantitative estimate of drug-likeness (QED) is 0.161. The fourth-order valence-electron chi connectivity index (χ4n) is 5.82. The molecule has 6 rings (SSSR count). The van der Waals surface area contributed by atoms with Crippen LogP contribution < -0.4 is 4.74 Å². The molecule has 0 bridgehead atoms. The second-order valence-electron chi connectivity index (χ2n) is 11.3. The molecule has 1 aliphatic heterocycles. The van der Waals surface area contributed by atoms with Crippen molar-refractivity contribution in [3.8, 4) is 5.75 Å². The van der Waals surface area contributed by atoms with Crippen molar-refractivity contribution in [2.45, 2.75) is 51.0 Å². The molecule has 2 aliphatic rings. The van der Waals surface area contributed by atoms with Crippen molar-refractivity contribution in [1.29, 1.82) is 0 Å². The van der Waals surface area contributed by atoms with Gasteiger partial charge in [-0.3, -0.25) is 4.79 Å². The highest BCUT2D eigenvalue weighted by Crippen LogP contribution is 2.41. The molecular formula is C36H28Cl6O5. The molecule has 4 atom stereocenters. The average molecular weight is 753 g/mol. The number of carbonyl (C=O) groups is 1. The van der Waals surface area contributed by atoms with Gasteiger partial charge in [0, 0.05) is 59.7 Å². The first-order valence-electron chi connectivity index (χ1n) is 14.8. The number of halogens is 6. The lowest BCUT2D eigenvalue weighted by Gasteiger charge is -2.42. The number of ketones is 1. The molecule has 4 aromatic rings. The SMILES string of the molecule is O=C1C(c2ccc(OCc3c(Cl)cccc3Cl)cc2)=COC2CC(OCc3c(Cl)cccc3Cl)CC(OCc3c(Cl)cccc3Cl)C12. The zero-order valence-electron chi connectivity index (χ0n) is 24.7. The van der Waals surface area contributed by atoms with Gasteiger partial charge >= 0.3 is 0 Å². The number of Topliss-reactive ketones (excluding diaryl/α,β-unsaturated/α-hetero) is 1. The van der Waals surface area contributed by atoms with E-state index >= 15 is 0 Å². The van der Waals surface area contributed by atoms with Crippen molar-refractivity contribution in [3.63, 3.8) is 0 Å². The van der Waals surface area contributed by atoms with E-state index in [0.29, 0.717) is 76.6 Å². The highest BCUT2D eigenvalue weighted by Gasteiger charge is 2.47. The van der Waals surface area contributed by atoms with Crippen molar-refractivity contribution in [2.24, 2.45) is 5.92 Å². The molecular weight excluding hydrogens is 725 g/mol. The molecule has 4 unspecified atom stereocenters. The monoisotopic (exact) mass is 750 g/mol. The van der Waals surface area contributed by atoms with Crippen LogP contribution in [-0.4, -0.2) is 24.1 Å². The maximum absolute atomic E-state index is 14.1. The van der Waals surface area contributed by atoms with Crippen LogP contribution in [0.1, 0.15) is 35.1 Å². The number of fused-ring (bicyclic) bond motifs is 1. The van der Waals surface area contributed by atoms with Crippen LogP contribution in [0, 0.1) is 5.92 Å². The molecule has 0 N–H and O–H groups in total.